The van der Waals surface area contributed by atoms with E-state index in [-0.39, 0.29) is 11.4 Å². The number of ether oxygens (including phenoxy) is 2. The molecule has 5 nitrogen and oxygen atoms in total. The highest BCUT2D eigenvalue weighted by Crippen LogP contribution is 2.17. The van der Waals surface area contributed by atoms with Crippen LogP contribution in [0.2, 0.25) is 0 Å². The number of sulfonamides is 1. The first-order valence-electron chi connectivity index (χ1n) is 9.49. The van der Waals surface area contributed by atoms with Crippen molar-refractivity contribution in [3.8, 4) is 5.75 Å². The highest BCUT2D eigenvalue weighted by molar-refractivity contribution is 7.89. The zero-order chi connectivity index (χ0) is 20.5. The maximum Gasteiger partial charge on any atom is 0.240 e. The van der Waals surface area contributed by atoms with Crippen LogP contribution in [0.5, 0.6) is 5.75 Å². The fourth-order valence-electron chi connectivity index (χ4n) is 2.86. The van der Waals surface area contributed by atoms with Crippen molar-refractivity contribution in [3.63, 3.8) is 0 Å². The van der Waals surface area contributed by atoms with Gasteiger partial charge in [0.25, 0.3) is 0 Å². The molecule has 0 unspecified atom stereocenters. The highest BCUT2D eigenvalue weighted by Gasteiger charge is 2.14. The molecule has 0 bridgehead atoms. The Hall–Kier alpha value is -2.67. The molecule has 0 aliphatic rings. The molecule has 6 heteroatoms. The predicted molar refractivity (Wildman–Crippen MR) is 113 cm³/mol. The van der Waals surface area contributed by atoms with Crippen LogP contribution in [0.3, 0.4) is 0 Å². The summed E-state index contributed by atoms with van der Waals surface area (Å²) in [4.78, 5) is 0.207. The zero-order valence-corrected chi connectivity index (χ0v) is 17.2. The van der Waals surface area contributed by atoms with Gasteiger partial charge in [-0.25, -0.2) is 13.1 Å². The second-order valence-corrected chi connectivity index (χ2v) is 8.24. The molecule has 3 aromatic rings. The van der Waals surface area contributed by atoms with Gasteiger partial charge in [-0.2, -0.15) is 0 Å². The Morgan fingerprint density at radius 3 is 2.14 bits per heavy atom. The van der Waals surface area contributed by atoms with Crippen LogP contribution in [0, 0.1) is 0 Å². The molecular formula is C23H25NO4S. The van der Waals surface area contributed by atoms with Crippen LogP contribution >= 0.6 is 0 Å². The van der Waals surface area contributed by atoms with E-state index in [4.69, 9.17) is 9.47 Å². The van der Waals surface area contributed by atoms with E-state index in [1.54, 1.807) is 24.3 Å². The molecule has 29 heavy (non-hydrogen) atoms. The van der Waals surface area contributed by atoms with Gasteiger partial charge in [-0.15, -0.1) is 0 Å². The summed E-state index contributed by atoms with van der Waals surface area (Å²) in [5.41, 5.74) is 2.94. The average Bonchev–Trinajstić information content (AvgIpc) is 2.74. The predicted octanol–water partition coefficient (Wildman–Crippen LogP) is 4.28. The minimum atomic E-state index is -3.62. The maximum atomic E-state index is 12.6. The molecular weight excluding hydrogens is 386 g/mol. The van der Waals surface area contributed by atoms with Gasteiger partial charge in [-0.1, -0.05) is 54.6 Å². The van der Waals surface area contributed by atoms with Crippen molar-refractivity contribution in [3.05, 3.63) is 95.6 Å². The summed E-state index contributed by atoms with van der Waals surface area (Å²) in [5, 5.41) is 0. The molecule has 3 rings (SSSR count). The Morgan fingerprint density at radius 2 is 1.45 bits per heavy atom. The van der Waals surface area contributed by atoms with Crippen LogP contribution in [0.4, 0.5) is 0 Å². The molecule has 0 spiro atoms. The van der Waals surface area contributed by atoms with Crippen LogP contribution in [0.15, 0.2) is 83.8 Å². The van der Waals surface area contributed by atoms with E-state index in [0.717, 1.165) is 16.7 Å². The molecule has 0 aliphatic carbocycles. The molecule has 0 amide bonds. The lowest BCUT2D eigenvalue weighted by atomic mass is 10.1. The zero-order valence-electron chi connectivity index (χ0n) is 16.4. The van der Waals surface area contributed by atoms with E-state index in [2.05, 4.69) is 4.72 Å². The van der Waals surface area contributed by atoms with Gasteiger partial charge < -0.3 is 9.47 Å². The SMILES string of the molecule is CCOc1ccc(S(=O)(=O)NCc2ccccc2COCc2ccccc2)cc1. The van der Waals surface area contributed by atoms with Gasteiger partial charge in [0.2, 0.25) is 10.0 Å². The Labute approximate surface area is 172 Å². The van der Waals surface area contributed by atoms with Gasteiger partial charge in [-0.3, -0.25) is 0 Å². The normalized spacial score (nSPS) is 11.3. The first-order valence-corrected chi connectivity index (χ1v) is 11.0. The summed E-state index contributed by atoms with van der Waals surface area (Å²) < 4.78 is 39.0. The van der Waals surface area contributed by atoms with E-state index in [1.807, 2.05) is 61.5 Å². The molecule has 152 valence electrons. The van der Waals surface area contributed by atoms with Crippen molar-refractivity contribution in [2.45, 2.75) is 31.6 Å². The minimum Gasteiger partial charge on any atom is -0.494 e. The summed E-state index contributed by atoms with van der Waals surface area (Å²) in [6, 6.07) is 24.0. The molecule has 0 fully saturated rings. The van der Waals surface area contributed by atoms with Crippen LogP contribution in [0.1, 0.15) is 23.6 Å². The maximum absolute atomic E-state index is 12.6. The standard InChI is InChI=1S/C23H25NO4S/c1-2-28-22-12-14-23(15-13-22)29(25,26)24-16-20-10-6-7-11-21(20)18-27-17-19-8-4-3-5-9-19/h3-15,24H,2,16-18H2,1H3. The molecule has 1 N–H and O–H groups in total. The first kappa shape index (κ1) is 21.0. The molecule has 0 heterocycles. The van der Waals surface area contributed by atoms with Crippen molar-refractivity contribution in [2.24, 2.45) is 0 Å². The third-order valence-electron chi connectivity index (χ3n) is 4.39. The Bertz CT molecular complexity index is 1000. The van der Waals surface area contributed by atoms with Gasteiger partial charge >= 0.3 is 0 Å². The van der Waals surface area contributed by atoms with Crippen LogP contribution in [-0.2, 0) is 34.5 Å². The summed E-state index contributed by atoms with van der Waals surface area (Å²) in [5.74, 6) is 0.646. The van der Waals surface area contributed by atoms with Crippen LogP contribution in [-0.4, -0.2) is 15.0 Å². The average molecular weight is 412 g/mol. The topological polar surface area (TPSA) is 64.6 Å². The third kappa shape index (κ3) is 6.15. The summed E-state index contributed by atoms with van der Waals surface area (Å²) in [6.45, 7) is 3.53. The van der Waals surface area contributed by atoms with Crippen molar-refractivity contribution >= 4 is 10.0 Å². The second-order valence-electron chi connectivity index (χ2n) is 6.48. The molecule has 0 aromatic heterocycles. The largest absolute Gasteiger partial charge is 0.494 e. The van der Waals surface area contributed by atoms with Crippen molar-refractivity contribution < 1.29 is 17.9 Å². The van der Waals surface area contributed by atoms with Gasteiger partial charge in [0.1, 0.15) is 5.75 Å². The van der Waals surface area contributed by atoms with Crippen molar-refractivity contribution in [1.29, 1.82) is 0 Å². The summed E-state index contributed by atoms with van der Waals surface area (Å²) >= 11 is 0. The minimum absolute atomic E-state index is 0.195. The van der Waals surface area contributed by atoms with Gasteiger partial charge in [0.05, 0.1) is 24.7 Å². The molecule has 0 saturated carbocycles. The molecule has 0 atom stereocenters. The lowest BCUT2D eigenvalue weighted by molar-refractivity contribution is 0.106. The molecule has 0 aliphatic heterocycles. The van der Waals surface area contributed by atoms with Crippen molar-refractivity contribution in [2.75, 3.05) is 6.61 Å². The highest BCUT2D eigenvalue weighted by atomic mass is 32.2. The quantitative estimate of drug-likeness (QED) is 0.541. The van der Waals surface area contributed by atoms with Crippen LogP contribution in [0.25, 0.3) is 0 Å². The first-order chi connectivity index (χ1) is 14.1. The van der Waals surface area contributed by atoms with E-state index in [0.29, 0.717) is 25.6 Å². The van der Waals surface area contributed by atoms with E-state index >= 15 is 0 Å². The number of hydrogen-bond acceptors (Lipinski definition) is 4. The number of benzene rings is 3. The van der Waals surface area contributed by atoms with Crippen LogP contribution < -0.4 is 9.46 Å². The third-order valence-corrected chi connectivity index (χ3v) is 5.80. The fourth-order valence-corrected chi connectivity index (χ4v) is 3.87. The fraction of sp³-hybridized carbons (Fsp3) is 0.217. The van der Waals surface area contributed by atoms with E-state index in [9.17, 15) is 8.42 Å². The summed E-state index contributed by atoms with van der Waals surface area (Å²) in [6.07, 6.45) is 0. The van der Waals surface area contributed by atoms with Crippen molar-refractivity contribution in [1.82, 2.24) is 4.72 Å². The number of hydrogen-bond donors (Lipinski definition) is 1. The lowest BCUT2D eigenvalue weighted by Gasteiger charge is -2.12. The second kappa shape index (κ2) is 10.2. The Balaban J connectivity index is 1.61. The monoisotopic (exact) mass is 411 g/mol. The molecule has 0 radical (unpaired) electrons. The van der Waals surface area contributed by atoms with Gasteiger partial charge in [-0.05, 0) is 47.9 Å². The Morgan fingerprint density at radius 1 is 0.793 bits per heavy atom. The number of rotatable bonds is 10. The number of nitrogens with one attached hydrogen (secondary N) is 1. The molecule has 3 aromatic carbocycles. The summed E-state index contributed by atoms with van der Waals surface area (Å²) in [7, 11) is -3.62. The lowest BCUT2D eigenvalue weighted by Crippen LogP contribution is -2.23. The smallest absolute Gasteiger partial charge is 0.240 e. The van der Waals surface area contributed by atoms with E-state index < -0.39 is 10.0 Å². The van der Waals surface area contributed by atoms with Gasteiger partial charge in [0.15, 0.2) is 0 Å². The Kier molecular flexibility index (Phi) is 7.41. The van der Waals surface area contributed by atoms with E-state index in [1.165, 1.54) is 0 Å². The van der Waals surface area contributed by atoms with Gasteiger partial charge in [0, 0.05) is 6.54 Å². The molecule has 0 saturated heterocycles.